The molecule has 0 unspecified atom stereocenters. The molecule has 0 atom stereocenters. The molecule has 7 nitrogen and oxygen atoms in total. The van der Waals surface area contributed by atoms with Gasteiger partial charge in [-0.3, -0.25) is 14.4 Å². The summed E-state index contributed by atoms with van der Waals surface area (Å²) in [7, 11) is 1.90. The van der Waals surface area contributed by atoms with Crippen molar-refractivity contribution in [2.75, 3.05) is 32.0 Å². The van der Waals surface area contributed by atoms with E-state index in [0.717, 1.165) is 59.9 Å². The van der Waals surface area contributed by atoms with Crippen molar-refractivity contribution in [2.24, 2.45) is 0 Å². The van der Waals surface area contributed by atoms with Crippen LogP contribution in [0.3, 0.4) is 0 Å². The molecule has 1 aromatic heterocycles. The van der Waals surface area contributed by atoms with Gasteiger partial charge in [-0.25, -0.2) is 0 Å². The highest BCUT2D eigenvalue weighted by Gasteiger charge is 2.11. The maximum absolute atomic E-state index is 12.3. The molecule has 0 aliphatic carbocycles. The SMILES string of the molecule is CCN(CC(=O)NCCCCCn1cc(-c2cccc(NC)c2)nn1)Cc1ccccc1Cl. The zero-order valence-corrected chi connectivity index (χ0v) is 20.2. The van der Waals surface area contributed by atoms with Crippen molar-refractivity contribution in [1.82, 2.24) is 25.2 Å². The third-order valence-electron chi connectivity index (χ3n) is 5.54. The normalized spacial score (nSPS) is 11.0. The molecule has 8 heteroatoms. The van der Waals surface area contributed by atoms with Gasteiger partial charge in [0, 0.05) is 43.0 Å². The summed E-state index contributed by atoms with van der Waals surface area (Å²) in [6, 6.07) is 15.9. The number of hydrogen-bond acceptors (Lipinski definition) is 5. The molecule has 1 amide bonds. The van der Waals surface area contributed by atoms with Crippen LogP contribution in [0.5, 0.6) is 0 Å². The lowest BCUT2D eigenvalue weighted by Gasteiger charge is -2.20. The molecule has 1 heterocycles. The van der Waals surface area contributed by atoms with E-state index in [0.29, 0.717) is 19.6 Å². The monoisotopic (exact) mass is 468 g/mol. The molecule has 0 radical (unpaired) electrons. The molecule has 176 valence electrons. The fraction of sp³-hybridized carbons (Fsp3) is 0.400. The minimum Gasteiger partial charge on any atom is -0.388 e. The molecular weight excluding hydrogens is 436 g/mol. The van der Waals surface area contributed by atoms with Gasteiger partial charge in [0.25, 0.3) is 0 Å². The predicted octanol–water partition coefficient (Wildman–Crippen LogP) is 4.45. The van der Waals surface area contributed by atoms with E-state index in [4.69, 9.17) is 11.6 Å². The first-order chi connectivity index (χ1) is 16.1. The second kappa shape index (κ2) is 13.0. The Balaban J connectivity index is 1.32. The van der Waals surface area contributed by atoms with Gasteiger partial charge < -0.3 is 10.6 Å². The number of carbonyl (C=O) groups excluding carboxylic acids is 1. The summed E-state index contributed by atoms with van der Waals surface area (Å²) < 4.78 is 1.88. The van der Waals surface area contributed by atoms with Crippen LogP contribution in [-0.4, -0.2) is 52.5 Å². The average Bonchev–Trinajstić information content (AvgIpc) is 3.31. The molecule has 3 rings (SSSR count). The number of halogens is 1. The van der Waals surface area contributed by atoms with Gasteiger partial charge >= 0.3 is 0 Å². The van der Waals surface area contributed by atoms with Crippen molar-refractivity contribution in [3.8, 4) is 11.3 Å². The second-order valence-corrected chi connectivity index (χ2v) is 8.41. The van der Waals surface area contributed by atoms with Gasteiger partial charge in [-0.15, -0.1) is 5.10 Å². The van der Waals surface area contributed by atoms with E-state index in [-0.39, 0.29) is 5.91 Å². The van der Waals surface area contributed by atoms with Crippen molar-refractivity contribution in [2.45, 2.75) is 39.3 Å². The summed E-state index contributed by atoms with van der Waals surface area (Å²) in [5.41, 5.74) is 4.01. The number of amides is 1. The quantitative estimate of drug-likeness (QED) is 0.362. The van der Waals surface area contributed by atoms with E-state index < -0.39 is 0 Å². The van der Waals surface area contributed by atoms with Gasteiger partial charge in [-0.1, -0.05) is 54.1 Å². The highest BCUT2D eigenvalue weighted by molar-refractivity contribution is 6.31. The van der Waals surface area contributed by atoms with Crippen molar-refractivity contribution in [1.29, 1.82) is 0 Å². The smallest absolute Gasteiger partial charge is 0.234 e. The summed E-state index contributed by atoms with van der Waals surface area (Å²) in [5, 5.41) is 15.4. The average molecular weight is 469 g/mol. The van der Waals surface area contributed by atoms with Crippen molar-refractivity contribution in [3.05, 3.63) is 65.3 Å². The number of benzene rings is 2. The summed E-state index contributed by atoms with van der Waals surface area (Å²) in [5.74, 6) is 0.0496. The summed E-state index contributed by atoms with van der Waals surface area (Å²) in [4.78, 5) is 14.4. The van der Waals surface area contributed by atoms with Crippen LogP contribution in [0.15, 0.2) is 54.7 Å². The number of anilines is 1. The molecule has 0 spiro atoms. The minimum absolute atomic E-state index is 0.0496. The van der Waals surface area contributed by atoms with E-state index >= 15 is 0 Å². The standard InChI is InChI=1S/C25H33ClN6O/c1-3-31(17-21-10-5-6-13-23(21)26)19-25(33)28-14-7-4-8-15-32-18-24(29-30-32)20-11-9-12-22(16-20)27-2/h5-6,9-13,16,18,27H,3-4,7-8,14-15,17,19H2,1-2H3,(H,28,33). The van der Waals surface area contributed by atoms with Gasteiger partial charge in [0.1, 0.15) is 5.69 Å². The third-order valence-corrected chi connectivity index (χ3v) is 5.91. The number of aromatic nitrogens is 3. The first-order valence-corrected chi connectivity index (χ1v) is 11.9. The molecule has 3 aromatic rings. The lowest BCUT2D eigenvalue weighted by Crippen LogP contribution is -2.37. The zero-order chi connectivity index (χ0) is 23.5. The van der Waals surface area contributed by atoms with E-state index in [1.807, 2.05) is 60.4 Å². The number of rotatable bonds is 13. The molecule has 2 aromatic carbocycles. The maximum atomic E-state index is 12.3. The Hall–Kier alpha value is -2.90. The van der Waals surface area contributed by atoms with Crippen LogP contribution in [0, 0.1) is 0 Å². The molecule has 33 heavy (non-hydrogen) atoms. The molecule has 0 saturated heterocycles. The lowest BCUT2D eigenvalue weighted by molar-refractivity contribution is -0.122. The molecule has 0 fully saturated rings. The number of likely N-dealkylation sites (N-methyl/N-ethyl adjacent to an activating group) is 1. The Kier molecular flexibility index (Phi) is 9.72. The fourth-order valence-corrected chi connectivity index (χ4v) is 3.78. The van der Waals surface area contributed by atoms with Gasteiger partial charge in [0.05, 0.1) is 12.7 Å². The van der Waals surface area contributed by atoms with E-state index in [9.17, 15) is 4.79 Å². The van der Waals surface area contributed by atoms with Crippen LogP contribution in [0.1, 0.15) is 31.7 Å². The highest BCUT2D eigenvalue weighted by Crippen LogP contribution is 2.20. The fourth-order valence-electron chi connectivity index (χ4n) is 3.58. The number of nitrogens with one attached hydrogen (secondary N) is 2. The summed E-state index contributed by atoms with van der Waals surface area (Å²) in [6.45, 7) is 5.38. The Morgan fingerprint density at radius 3 is 2.76 bits per heavy atom. The van der Waals surface area contributed by atoms with Crippen LogP contribution >= 0.6 is 11.6 Å². The largest absolute Gasteiger partial charge is 0.388 e. The molecule has 0 bridgehead atoms. The minimum atomic E-state index is 0.0496. The van der Waals surface area contributed by atoms with E-state index in [2.05, 4.69) is 38.8 Å². The molecule has 2 N–H and O–H groups in total. The summed E-state index contributed by atoms with van der Waals surface area (Å²) >= 11 is 6.24. The molecule has 0 aliphatic rings. The van der Waals surface area contributed by atoms with Gasteiger partial charge in [0.15, 0.2) is 0 Å². The Labute approximate surface area is 201 Å². The van der Waals surface area contributed by atoms with Crippen molar-refractivity contribution in [3.63, 3.8) is 0 Å². The Bertz CT molecular complexity index is 1020. The number of carbonyl (C=O) groups is 1. The van der Waals surface area contributed by atoms with Gasteiger partial charge in [-0.2, -0.15) is 0 Å². The number of unbranched alkanes of at least 4 members (excludes halogenated alkanes) is 2. The number of hydrogen-bond donors (Lipinski definition) is 2. The van der Waals surface area contributed by atoms with Crippen LogP contribution in [-0.2, 0) is 17.9 Å². The third kappa shape index (κ3) is 7.87. The second-order valence-electron chi connectivity index (χ2n) is 8.00. The Morgan fingerprint density at radius 1 is 1.12 bits per heavy atom. The van der Waals surface area contributed by atoms with Crippen molar-refractivity contribution < 1.29 is 4.79 Å². The first-order valence-electron chi connectivity index (χ1n) is 11.5. The first kappa shape index (κ1) is 24.7. The number of nitrogens with zero attached hydrogens (tertiary/aromatic N) is 4. The van der Waals surface area contributed by atoms with E-state index in [1.165, 1.54) is 0 Å². The molecule has 0 saturated carbocycles. The summed E-state index contributed by atoms with van der Waals surface area (Å²) in [6.07, 6.45) is 4.92. The lowest BCUT2D eigenvalue weighted by atomic mass is 10.1. The maximum Gasteiger partial charge on any atom is 0.234 e. The highest BCUT2D eigenvalue weighted by atomic mass is 35.5. The van der Waals surface area contributed by atoms with Crippen LogP contribution in [0.4, 0.5) is 5.69 Å². The molecular formula is C25H33ClN6O. The van der Waals surface area contributed by atoms with Gasteiger partial charge in [0.2, 0.25) is 5.91 Å². The van der Waals surface area contributed by atoms with Crippen LogP contribution < -0.4 is 10.6 Å². The predicted molar refractivity (Wildman–Crippen MR) is 134 cm³/mol. The molecule has 0 aliphatic heterocycles. The number of aryl methyl sites for hydroxylation is 1. The van der Waals surface area contributed by atoms with E-state index in [1.54, 1.807) is 0 Å². The Morgan fingerprint density at radius 2 is 1.97 bits per heavy atom. The zero-order valence-electron chi connectivity index (χ0n) is 19.4. The topological polar surface area (TPSA) is 75.1 Å². The van der Waals surface area contributed by atoms with Crippen LogP contribution in [0.2, 0.25) is 5.02 Å². The van der Waals surface area contributed by atoms with Gasteiger partial charge in [-0.05, 0) is 49.6 Å². The van der Waals surface area contributed by atoms with Crippen LogP contribution in [0.25, 0.3) is 11.3 Å². The van der Waals surface area contributed by atoms with Crippen molar-refractivity contribution >= 4 is 23.2 Å².